The summed E-state index contributed by atoms with van der Waals surface area (Å²) in [6.07, 6.45) is 0.900. The van der Waals surface area contributed by atoms with Gasteiger partial charge >= 0.3 is 0 Å². The molecule has 33 heavy (non-hydrogen) atoms. The van der Waals surface area contributed by atoms with Crippen molar-refractivity contribution in [3.63, 3.8) is 0 Å². The van der Waals surface area contributed by atoms with Crippen LogP contribution in [0.2, 0.25) is 0 Å². The highest BCUT2D eigenvalue weighted by Crippen LogP contribution is 2.32. The second-order valence-electron chi connectivity index (χ2n) is 8.02. The zero-order valence-electron chi connectivity index (χ0n) is 18.2. The van der Waals surface area contributed by atoms with Gasteiger partial charge in [0.2, 0.25) is 11.8 Å². The van der Waals surface area contributed by atoms with Crippen molar-refractivity contribution in [1.29, 1.82) is 0 Å². The molecule has 3 amide bonds. The van der Waals surface area contributed by atoms with Crippen molar-refractivity contribution in [1.82, 2.24) is 9.88 Å². The van der Waals surface area contributed by atoms with E-state index in [0.717, 1.165) is 22.3 Å². The van der Waals surface area contributed by atoms with E-state index in [1.807, 2.05) is 19.0 Å². The van der Waals surface area contributed by atoms with Gasteiger partial charge in [-0.15, -0.1) is 0 Å². The van der Waals surface area contributed by atoms with E-state index in [1.54, 1.807) is 18.2 Å². The molecule has 172 valence electrons. The van der Waals surface area contributed by atoms with Crippen molar-refractivity contribution < 1.29 is 23.2 Å². The van der Waals surface area contributed by atoms with Crippen molar-refractivity contribution in [2.45, 2.75) is 19.3 Å². The molecular weight excluding hydrogens is 450 g/mol. The highest BCUT2D eigenvalue weighted by molar-refractivity contribution is 7.22. The maximum absolute atomic E-state index is 14.2. The van der Waals surface area contributed by atoms with E-state index < -0.39 is 17.5 Å². The van der Waals surface area contributed by atoms with Gasteiger partial charge in [-0.2, -0.15) is 0 Å². The van der Waals surface area contributed by atoms with Gasteiger partial charge in [0.25, 0.3) is 5.91 Å². The second-order valence-corrected chi connectivity index (χ2v) is 9.03. The van der Waals surface area contributed by atoms with Crippen LogP contribution >= 0.6 is 11.3 Å². The molecular formula is C23H22F2N4O3S. The minimum atomic E-state index is -0.791. The van der Waals surface area contributed by atoms with Crippen LogP contribution in [-0.4, -0.2) is 54.8 Å². The van der Waals surface area contributed by atoms with Gasteiger partial charge in [-0.05, 0) is 51.3 Å². The summed E-state index contributed by atoms with van der Waals surface area (Å²) in [5.74, 6) is -2.53. The van der Waals surface area contributed by atoms with Crippen LogP contribution in [0.1, 0.15) is 29.6 Å². The molecule has 0 atom stereocenters. The first-order valence-corrected chi connectivity index (χ1v) is 11.2. The Morgan fingerprint density at radius 3 is 2.52 bits per heavy atom. The van der Waals surface area contributed by atoms with Crippen molar-refractivity contribution >= 4 is 50.1 Å². The van der Waals surface area contributed by atoms with E-state index in [-0.39, 0.29) is 40.9 Å². The first kappa shape index (κ1) is 22.9. The molecule has 0 spiro atoms. The summed E-state index contributed by atoms with van der Waals surface area (Å²) < 4.78 is 28.2. The Hall–Kier alpha value is -3.24. The highest BCUT2D eigenvalue weighted by atomic mass is 32.1. The van der Waals surface area contributed by atoms with Crippen LogP contribution in [0.25, 0.3) is 10.2 Å². The molecule has 0 bridgehead atoms. The molecule has 0 N–H and O–H groups in total. The van der Waals surface area contributed by atoms with Crippen LogP contribution in [0.5, 0.6) is 0 Å². The van der Waals surface area contributed by atoms with E-state index in [4.69, 9.17) is 0 Å². The molecule has 0 unspecified atom stereocenters. The highest BCUT2D eigenvalue weighted by Gasteiger charge is 2.31. The number of thiazole rings is 1. The standard InChI is InChI=1S/C23H22F2N4O3S/c1-27(2)9-4-10-28(23-26-21-17(25)12-15(24)13-18(21)33-23)22(32)14-5-3-6-16(11-14)29-19(30)7-8-20(29)31/h3,5-6,11-13H,4,7-10H2,1-2H3. The molecule has 10 heteroatoms. The van der Waals surface area contributed by atoms with E-state index >= 15 is 0 Å². The van der Waals surface area contributed by atoms with Gasteiger partial charge < -0.3 is 4.90 Å². The third-order valence-electron chi connectivity index (χ3n) is 5.27. The van der Waals surface area contributed by atoms with Gasteiger partial charge in [-0.25, -0.2) is 13.8 Å². The average Bonchev–Trinajstić information content (AvgIpc) is 3.33. The molecule has 2 heterocycles. The third kappa shape index (κ3) is 4.76. The molecule has 1 aliphatic heterocycles. The zero-order chi connectivity index (χ0) is 23.7. The van der Waals surface area contributed by atoms with Gasteiger partial charge in [-0.1, -0.05) is 17.4 Å². The van der Waals surface area contributed by atoms with Gasteiger partial charge in [0.15, 0.2) is 10.9 Å². The van der Waals surface area contributed by atoms with Gasteiger partial charge in [-0.3, -0.25) is 24.2 Å². The number of benzene rings is 2. The molecule has 2 aromatic carbocycles. The quantitative estimate of drug-likeness (QED) is 0.489. The van der Waals surface area contributed by atoms with Crippen molar-refractivity contribution in [3.05, 3.63) is 53.6 Å². The number of halogens is 2. The summed E-state index contributed by atoms with van der Waals surface area (Å²) in [7, 11) is 3.82. The van der Waals surface area contributed by atoms with Gasteiger partial charge in [0.1, 0.15) is 11.3 Å². The Balaban J connectivity index is 1.70. The lowest BCUT2D eigenvalue weighted by Crippen LogP contribution is -2.34. The van der Waals surface area contributed by atoms with E-state index in [0.29, 0.717) is 29.9 Å². The molecule has 1 saturated heterocycles. The Labute approximate surface area is 193 Å². The predicted octanol–water partition coefficient (Wildman–Crippen LogP) is 3.83. The number of carbonyl (C=O) groups excluding carboxylic acids is 3. The Morgan fingerprint density at radius 2 is 1.82 bits per heavy atom. The minimum absolute atomic E-state index is 0.00354. The lowest BCUT2D eigenvalue weighted by atomic mass is 10.1. The fourth-order valence-electron chi connectivity index (χ4n) is 3.69. The number of hydrogen-bond donors (Lipinski definition) is 0. The molecule has 1 aliphatic rings. The maximum Gasteiger partial charge on any atom is 0.260 e. The molecule has 1 fully saturated rings. The summed E-state index contributed by atoms with van der Waals surface area (Å²) in [4.78, 5) is 46.5. The fraction of sp³-hybridized carbons (Fsp3) is 0.304. The van der Waals surface area contributed by atoms with Crippen molar-refractivity contribution in [2.75, 3.05) is 37.0 Å². The molecule has 3 aromatic rings. The molecule has 0 aliphatic carbocycles. The van der Waals surface area contributed by atoms with Crippen LogP contribution in [0.3, 0.4) is 0 Å². The third-order valence-corrected chi connectivity index (χ3v) is 6.29. The summed E-state index contributed by atoms with van der Waals surface area (Å²) in [5, 5.41) is 0.247. The van der Waals surface area contributed by atoms with Crippen molar-refractivity contribution in [3.8, 4) is 0 Å². The summed E-state index contributed by atoms with van der Waals surface area (Å²) in [5.41, 5.74) is 0.596. The smallest absolute Gasteiger partial charge is 0.260 e. The summed E-state index contributed by atoms with van der Waals surface area (Å²) >= 11 is 1.03. The van der Waals surface area contributed by atoms with Crippen LogP contribution in [0.15, 0.2) is 36.4 Å². The van der Waals surface area contributed by atoms with E-state index in [9.17, 15) is 23.2 Å². The Kier molecular flexibility index (Phi) is 6.48. The summed E-state index contributed by atoms with van der Waals surface area (Å²) in [6, 6.07) is 8.24. The van der Waals surface area contributed by atoms with Crippen LogP contribution < -0.4 is 9.80 Å². The normalized spacial score (nSPS) is 14.0. The monoisotopic (exact) mass is 472 g/mol. The maximum atomic E-state index is 14.2. The van der Waals surface area contributed by atoms with Crippen LogP contribution in [0.4, 0.5) is 19.6 Å². The number of aromatic nitrogens is 1. The van der Waals surface area contributed by atoms with E-state index in [2.05, 4.69) is 4.98 Å². The Bertz CT molecular complexity index is 1230. The molecule has 7 nitrogen and oxygen atoms in total. The lowest BCUT2D eigenvalue weighted by Gasteiger charge is -2.22. The molecule has 1 aromatic heterocycles. The number of anilines is 2. The largest absolute Gasteiger partial charge is 0.309 e. The number of imide groups is 1. The fourth-order valence-corrected chi connectivity index (χ4v) is 4.72. The average molecular weight is 473 g/mol. The van der Waals surface area contributed by atoms with Gasteiger partial charge in [0, 0.05) is 31.0 Å². The topological polar surface area (TPSA) is 73.8 Å². The lowest BCUT2D eigenvalue weighted by molar-refractivity contribution is -0.121. The number of nitrogens with zero attached hydrogens (tertiary/aromatic N) is 4. The summed E-state index contributed by atoms with van der Waals surface area (Å²) in [6.45, 7) is 1.00. The first-order chi connectivity index (χ1) is 15.7. The SMILES string of the molecule is CN(C)CCCN(C(=O)c1cccc(N2C(=O)CCC2=O)c1)c1nc2c(F)cc(F)cc2s1. The van der Waals surface area contributed by atoms with Crippen LogP contribution in [0, 0.1) is 11.6 Å². The molecule has 4 rings (SSSR count). The van der Waals surface area contributed by atoms with E-state index in [1.165, 1.54) is 17.0 Å². The number of carbonyl (C=O) groups is 3. The van der Waals surface area contributed by atoms with Crippen molar-refractivity contribution in [2.24, 2.45) is 0 Å². The number of hydrogen-bond acceptors (Lipinski definition) is 6. The zero-order valence-corrected chi connectivity index (χ0v) is 19.0. The molecule has 0 saturated carbocycles. The number of amides is 3. The van der Waals surface area contributed by atoms with Gasteiger partial charge in [0.05, 0.1) is 10.4 Å². The first-order valence-electron chi connectivity index (χ1n) is 10.4. The van der Waals surface area contributed by atoms with Crippen LogP contribution in [-0.2, 0) is 9.59 Å². The predicted molar refractivity (Wildman–Crippen MR) is 123 cm³/mol. The number of rotatable bonds is 7. The molecule has 0 radical (unpaired) electrons. The minimum Gasteiger partial charge on any atom is -0.309 e. The Morgan fingerprint density at radius 1 is 1.09 bits per heavy atom. The second kappa shape index (κ2) is 9.32. The number of fused-ring (bicyclic) bond motifs is 1.